The van der Waals surface area contributed by atoms with E-state index in [1.807, 2.05) is 0 Å². The third-order valence-electron chi connectivity index (χ3n) is 2.91. The van der Waals surface area contributed by atoms with E-state index >= 15 is 0 Å². The second kappa shape index (κ2) is 7.66. The number of alkyl halides is 3. The molecule has 0 amide bonds. The first-order valence-electron chi connectivity index (χ1n) is 6.73. The molecule has 0 aliphatic carbocycles. The van der Waals surface area contributed by atoms with Gasteiger partial charge in [0.1, 0.15) is 0 Å². The number of anilines is 1. The monoisotopic (exact) mass is 331 g/mol. The Morgan fingerprint density at radius 3 is 2.57 bits per heavy atom. The lowest BCUT2D eigenvalue weighted by Crippen LogP contribution is -2.21. The molecular weight excluding hydrogens is 315 g/mol. The van der Waals surface area contributed by atoms with Gasteiger partial charge in [0, 0.05) is 11.9 Å². The summed E-state index contributed by atoms with van der Waals surface area (Å²) in [6.07, 6.45) is -3.69. The number of carbonyl (C=O) groups is 2. The summed E-state index contributed by atoms with van der Waals surface area (Å²) in [5.41, 5.74) is -1.60. The number of hydrogen-bond acceptors (Lipinski definition) is 4. The number of ether oxygens (including phenoxy) is 1. The second-order valence-electron chi connectivity index (χ2n) is 4.71. The maximum absolute atomic E-state index is 12.6. The summed E-state index contributed by atoms with van der Waals surface area (Å²) in [5, 5.41) is 11.4. The van der Waals surface area contributed by atoms with Crippen molar-refractivity contribution in [2.45, 2.75) is 32.5 Å². The van der Waals surface area contributed by atoms with Gasteiger partial charge >= 0.3 is 18.1 Å². The molecule has 0 saturated heterocycles. The molecule has 1 aromatic carbocycles. The molecular formula is C15H16F3NO4. The van der Waals surface area contributed by atoms with Crippen LogP contribution in [0.4, 0.5) is 18.9 Å². The van der Waals surface area contributed by atoms with E-state index in [-0.39, 0.29) is 5.69 Å². The molecule has 0 aliphatic rings. The van der Waals surface area contributed by atoms with Gasteiger partial charge in [-0.2, -0.15) is 13.2 Å². The molecule has 126 valence electrons. The Hall–Kier alpha value is -2.51. The highest BCUT2D eigenvalue weighted by Crippen LogP contribution is 2.30. The Morgan fingerprint density at radius 2 is 2.04 bits per heavy atom. The number of rotatable bonds is 6. The van der Waals surface area contributed by atoms with Gasteiger partial charge in [-0.1, -0.05) is 13.0 Å². The Balaban J connectivity index is 2.94. The third-order valence-corrected chi connectivity index (χ3v) is 2.91. The molecule has 1 rings (SSSR count). The lowest BCUT2D eigenvalue weighted by molar-refractivity contribution is -0.147. The summed E-state index contributed by atoms with van der Waals surface area (Å²) in [6, 6.07) is 4.16. The predicted molar refractivity (Wildman–Crippen MR) is 76.6 cm³/mol. The number of carboxylic acid groups (broad SMARTS) is 1. The van der Waals surface area contributed by atoms with Crippen LogP contribution in [0.15, 0.2) is 36.0 Å². The zero-order valence-corrected chi connectivity index (χ0v) is 12.5. The van der Waals surface area contributed by atoms with Crippen LogP contribution >= 0.6 is 0 Å². The quantitative estimate of drug-likeness (QED) is 0.361. The van der Waals surface area contributed by atoms with Crippen LogP contribution < -0.4 is 5.32 Å². The van der Waals surface area contributed by atoms with Gasteiger partial charge in [0.2, 0.25) is 0 Å². The van der Waals surface area contributed by atoms with Crippen LogP contribution in [0.1, 0.15) is 25.8 Å². The van der Waals surface area contributed by atoms with E-state index in [0.29, 0.717) is 6.42 Å². The Bertz CT molecular complexity index is 611. The smallest absolute Gasteiger partial charge is 0.416 e. The minimum atomic E-state index is -4.52. The highest BCUT2D eigenvalue weighted by molar-refractivity contribution is 6.13. The molecule has 0 spiro atoms. The molecule has 0 radical (unpaired) electrons. The van der Waals surface area contributed by atoms with Crippen molar-refractivity contribution >= 4 is 17.6 Å². The Morgan fingerprint density at radius 1 is 1.39 bits per heavy atom. The average molecular weight is 331 g/mol. The molecule has 0 saturated carbocycles. The van der Waals surface area contributed by atoms with Crippen LogP contribution in [-0.4, -0.2) is 23.1 Å². The lowest BCUT2D eigenvalue weighted by atomic mass is 10.2. The van der Waals surface area contributed by atoms with Crippen LogP contribution in [0.2, 0.25) is 0 Å². The number of aliphatic carboxylic acids is 1. The SMILES string of the molecule is CCC(C)OC(=O)C(=CNc1cccc(C(F)(F)F)c1)C(=O)O. The standard InChI is InChI=1S/C15H16F3NO4/c1-3-9(2)23-14(22)12(13(20)21)8-19-11-6-4-5-10(7-11)15(16,17)18/h4-9,19H,3H2,1-2H3,(H,20,21). The molecule has 0 aliphatic heterocycles. The van der Waals surface area contributed by atoms with Crippen molar-refractivity contribution in [1.29, 1.82) is 0 Å². The highest BCUT2D eigenvalue weighted by Gasteiger charge is 2.30. The van der Waals surface area contributed by atoms with E-state index in [1.54, 1.807) is 13.8 Å². The first-order chi connectivity index (χ1) is 10.6. The highest BCUT2D eigenvalue weighted by atomic mass is 19.4. The number of esters is 1. The van der Waals surface area contributed by atoms with Crippen molar-refractivity contribution in [3.05, 3.63) is 41.6 Å². The van der Waals surface area contributed by atoms with E-state index in [1.165, 1.54) is 6.07 Å². The topological polar surface area (TPSA) is 75.6 Å². The molecule has 0 bridgehead atoms. The van der Waals surface area contributed by atoms with Crippen LogP contribution in [0.5, 0.6) is 0 Å². The largest absolute Gasteiger partial charge is 0.477 e. The maximum atomic E-state index is 12.6. The third kappa shape index (κ3) is 5.65. The molecule has 1 unspecified atom stereocenters. The van der Waals surface area contributed by atoms with Crippen LogP contribution in [-0.2, 0) is 20.5 Å². The minimum Gasteiger partial charge on any atom is -0.477 e. The molecule has 0 aromatic heterocycles. The summed E-state index contributed by atoms with van der Waals surface area (Å²) < 4.78 is 42.7. The van der Waals surface area contributed by atoms with Crippen LogP contribution in [0.3, 0.4) is 0 Å². The van der Waals surface area contributed by atoms with E-state index in [0.717, 1.165) is 24.4 Å². The average Bonchev–Trinajstić information content (AvgIpc) is 2.46. The van der Waals surface area contributed by atoms with Crippen molar-refractivity contribution < 1.29 is 32.6 Å². The molecule has 0 fully saturated rings. The number of halogens is 3. The fourth-order valence-electron chi connectivity index (χ4n) is 1.48. The van der Waals surface area contributed by atoms with Gasteiger partial charge in [0.15, 0.2) is 5.57 Å². The molecule has 23 heavy (non-hydrogen) atoms. The fraction of sp³-hybridized carbons (Fsp3) is 0.333. The van der Waals surface area contributed by atoms with Crippen LogP contribution in [0, 0.1) is 0 Å². The van der Waals surface area contributed by atoms with Crippen molar-refractivity contribution in [3.63, 3.8) is 0 Å². The molecule has 2 N–H and O–H groups in total. The maximum Gasteiger partial charge on any atom is 0.416 e. The van der Waals surface area contributed by atoms with E-state index in [2.05, 4.69) is 5.32 Å². The van der Waals surface area contributed by atoms with Gasteiger partial charge < -0.3 is 15.2 Å². The lowest BCUT2D eigenvalue weighted by Gasteiger charge is -2.12. The fourth-order valence-corrected chi connectivity index (χ4v) is 1.48. The first-order valence-corrected chi connectivity index (χ1v) is 6.73. The van der Waals surface area contributed by atoms with Gasteiger partial charge in [0.25, 0.3) is 0 Å². The van der Waals surface area contributed by atoms with Gasteiger partial charge in [-0.05, 0) is 31.5 Å². The predicted octanol–water partition coefficient (Wildman–Crippen LogP) is 3.43. The number of nitrogens with one attached hydrogen (secondary N) is 1. The van der Waals surface area contributed by atoms with Crippen molar-refractivity contribution in [2.24, 2.45) is 0 Å². The minimum absolute atomic E-state index is 0.00471. The zero-order valence-electron chi connectivity index (χ0n) is 12.5. The number of hydrogen-bond donors (Lipinski definition) is 2. The summed E-state index contributed by atoms with van der Waals surface area (Å²) >= 11 is 0. The number of carboxylic acids is 1. The van der Waals surface area contributed by atoms with Gasteiger partial charge in [0.05, 0.1) is 11.7 Å². The van der Waals surface area contributed by atoms with E-state index in [9.17, 15) is 22.8 Å². The molecule has 1 atom stereocenters. The Kier molecular flexibility index (Phi) is 6.18. The molecule has 0 heterocycles. The van der Waals surface area contributed by atoms with Gasteiger partial charge in [-0.3, -0.25) is 0 Å². The summed E-state index contributed by atoms with van der Waals surface area (Å²) in [4.78, 5) is 22.8. The molecule has 1 aromatic rings. The summed E-state index contributed by atoms with van der Waals surface area (Å²) in [5.74, 6) is -2.61. The van der Waals surface area contributed by atoms with Crippen molar-refractivity contribution in [2.75, 3.05) is 5.32 Å². The zero-order chi connectivity index (χ0) is 17.6. The number of carbonyl (C=O) groups excluding carboxylic acids is 1. The van der Waals surface area contributed by atoms with E-state index < -0.39 is 35.4 Å². The van der Waals surface area contributed by atoms with Gasteiger partial charge in [-0.25, -0.2) is 9.59 Å². The van der Waals surface area contributed by atoms with Crippen molar-refractivity contribution in [3.8, 4) is 0 Å². The molecule has 5 nitrogen and oxygen atoms in total. The van der Waals surface area contributed by atoms with Crippen LogP contribution in [0.25, 0.3) is 0 Å². The second-order valence-corrected chi connectivity index (χ2v) is 4.71. The Labute approximate surface area is 130 Å². The molecule has 8 heteroatoms. The van der Waals surface area contributed by atoms with E-state index in [4.69, 9.17) is 9.84 Å². The van der Waals surface area contributed by atoms with Gasteiger partial charge in [-0.15, -0.1) is 0 Å². The number of benzene rings is 1. The normalized spacial score (nSPS) is 13.3. The summed E-state index contributed by atoms with van der Waals surface area (Å²) in [6.45, 7) is 3.35. The van der Waals surface area contributed by atoms with Crippen molar-refractivity contribution in [1.82, 2.24) is 0 Å². The summed E-state index contributed by atoms with van der Waals surface area (Å²) in [7, 11) is 0. The first kappa shape index (κ1) is 18.5.